The van der Waals surface area contributed by atoms with Gasteiger partial charge in [-0.05, 0) is 19.8 Å². The molecule has 13 heavy (non-hydrogen) atoms. The van der Waals surface area contributed by atoms with Crippen LogP contribution in [-0.4, -0.2) is 16.0 Å². The smallest absolute Gasteiger partial charge is 0.168 e. The predicted octanol–water partition coefficient (Wildman–Crippen LogP) is 1.65. The van der Waals surface area contributed by atoms with E-state index in [9.17, 15) is 0 Å². The minimum absolute atomic E-state index is 0.574. The minimum atomic E-state index is 0.574. The maximum Gasteiger partial charge on any atom is 0.168 e. The Labute approximate surface area is 77.9 Å². The molecule has 0 spiro atoms. The molecule has 1 heterocycles. The number of hydrogen-bond donors (Lipinski definition) is 3. The zero-order valence-corrected chi connectivity index (χ0v) is 7.93. The summed E-state index contributed by atoms with van der Waals surface area (Å²) >= 11 is 0. The molecule has 1 aliphatic carbocycles. The van der Waals surface area contributed by atoms with Crippen molar-refractivity contribution in [1.82, 2.24) is 9.97 Å². The molecule has 0 unspecified atom stereocenters. The van der Waals surface area contributed by atoms with Gasteiger partial charge in [0.25, 0.3) is 0 Å². The fraction of sp³-hybridized carbons (Fsp3) is 0.667. The van der Waals surface area contributed by atoms with Crippen LogP contribution in [0.1, 0.15) is 31.5 Å². The lowest BCUT2D eigenvalue weighted by atomic mass is 10.2. The number of nitrogens with one attached hydrogen (secondary N) is 2. The van der Waals surface area contributed by atoms with Crippen LogP contribution in [0.4, 0.5) is 11.6 Å². The second-order valence-corrected chi connectivity index (χ2v) is 3.71. The highest BCUT2D eigenvalue weighted by Gasteiger charge is 2.16. The highest BCUT2D eigenvalue weighted by Crippen LogP contribution is 2.23. The zero-order chi connectivity index (χ0) is 9.26. The Bertz CT molecular complexity index is 286. The van der Waals surface area contributed by atoms with E-state index >= 15 is 0 Å². The normalized spacial score (nSPS) is 17.9. The highest BCUT2D eigenvalue weighted by molar-refractivity contribution is 5.57. The lowest BCUT2D eigenvalue weighted by Gasteiger charge is -2.10. The number of aryl methyl sites for hydroxylation is 1. The van der Waals surface area contributed by atoms with E-state index in [-0.39, 0.29) is 0 Å². The fourth-order valence-corrected chi connectivity index (χ4v) is 1.88. The van der Waals surface area contributed by atoms with Gasteiger partial charge in [-0.15, -0.1) is 0 Å². The van der Waals surface area contributed by atoms with Gasteiger partial charge >= 0.3 is 0 Å². The number of nitrogen functional groups attached to an aromatic ring is 1. The van der Waals surface area contributed by atoms with E-state index in [0.29, 0.717) is 11.9 Å². The Morgan fingerprint density at radius 1 is 1.46 bits per heavy atom. The van der Waals surface area contributed by atoms with Crippen molar-refractivity contribution in [1.29, 1.82) is 0 Å². The van der Waals surface area contributed by atoms with Crippen LogP contribution < -0.4 is 11.1 Å². The lowest BCUT2D eigenvalue weighted by Crippen LogP contribution is -2.15. The molecule has 0 radical (unpaired) electrons. The molecule has 1 aliphatic rings. The summed E-state index contributed by atoms with van der Waals surface area (Å²) in [4.78, 5) is 7.27. The Morgan fingerprint density at radius 3 is 2.69 bits per heavy atom. The lowest BCUT2D eigenvalue weighted by molar-refractivity contribution is 0.752. The maximum absolute atomic E-state index is 5.74. The molecule has 1 fully saturated rings. The Hall–Kier alpha value is -1.19. The van der Waals surface area contributed by atoms with Gasteiger partial charge in [0.1, 0.15) is 11.6 Å². The Kier molecular flexibility index (Phi) is 2.12. The van der Waals surface area contributed by atoms with Crippen LogP contribution in [0.2, 0.25) is 0 Å². The number of rotatable bonds is 2. The molecule has 0 saturated heterocycles. The first-order valence-corrected chi connectivity index (χ1v) is 4.84. The van der Waals surface area contributed by atoms with Crippen LogP contribution >= 0.6 is 0 Å². The van der Waals surface area contributed by atoms with E-state index in [1.165, 1.54) is 25.7 Å². The summed E-state index contributed by atoms with van der Waals surface area (Å²) in [6.07, 6.45) is 5.12. The summed E-state index contributed by atoms with van der Waals surface area (Å²) in [6, 6.07) is 0.574. The largest absolute Gasteiger partial charge is 0.382 e. The van der Waals surface area contributed by atoms with E-state index in [1.54, 1.807) is 0 Å². The number of nitrogens with zero attached hydrogens (tertiary/aromatic N) is 1. The number of nitrogens with two attached hydrogens (primary N) is 1. The van der Waals surface area contributed by atoms with Crippen molar-refractivity contribution in [3.8, 4) is 0 Å². The first-order chi connectivity index (χ1) is 6.25. The van der Waals surface area contributed by atoms with Crippen LogP contribution in [0, 0.1) is 6.92 Å². The molecule has 1 aromatic heterocycles. The summed E-state index contributed by atoms with van der Waals surface area (Å²) in [5.41, 5.74) is 5.74. The van der Waals surface area contributed by atoms with Crippen LogP contribution in [-0.2, 0) is 0 Å². The first-order valence-electron chi connectivity index (χ1n) is 4.84. The molecule has 4 heteroatoms. The molecule has 4 nitrogen and oxygen atoms in total. The topological polar surface area (TPSA) is 66.7 Å². The Balaban J connectivity index is 2.03. The first kappa shape index (κ1) is 8.41. The molecule has 1 aromatic rings. The maximum atomic E-state index is 5.74. The number of aromatic nitrogens is 2. The van der Waals surface area contributed by atoms with Gasteiger partial charge in [-0.1, -0.05) is 12.8 Å². The van der Waals surface area contributed by atoms with Crippen molar-refractivity contribution >= 4 is 11.6 Å². The number of anilines is 2. The quantitative estimate of drug-likeness (QED) is 0.648. The van der Waals surface area contributed by atoms with Gasteiger partial charge in [-0.2, -0.15) is 0 Å². The second kappa shape index (κ2) is 3.28. The predicted molar refractivity (Wildman–Crippen MR) is 53.6 cm³/mol. The summed E-state index contributed by atoms with van der Waals surface area (Å²) < 4.78 is 0. The summed E-state index contributed by atoms with van der Waals surface area (Å²) in [5.74, 6) is 2.35. The van der Waals surface area contributed by atoms with Gasteiger partial charge < -0.3 is 16.0 Å². The summed E-state index contributed by atoms with van der Waals surface area (Å²) in [6.45, 7) is 1.91. The highest BCUT2D eigenvalue weighted by atomic mass is 15.1. The summed E-state index contributed by atoms with van der Waals surface area (Å²) in [5, 5.41) is 3.36. The zero-order valence-electron chi connectivity index (χ0n) is 7.93. The van der Waals surface area contributed by atoms with Crippen LogP contribution in [0.15, 0.2) is 0 Å². The number of H-pyrrole nitrogens is 1. The van der Waals surface area contributed by atoms with Gasteiger partial charge in [-0.25, -0.2) is 4.98 Å². The molecule has 0 atom stereocenters. The van der Waals surface area contributed by atoms with Crippen molar-refractivity contribution in [2.75, 3.05) is 11.1 Å². The molecule has 0 bridgehead atoms. The van der Waals surface area contributed by atoms with E-state index in [0.717, 1.165) is 11.6 Å². The second-order valence-electron chi connectivity index (χ2n) is 3.71. The van der Waals surface area contributed by atoms with Crippen molar-refractivity contribution in [2.45, 2.75) is 38.6 Å². The average molecular weight is 180 g/mol. The van der Waals surface area contributed by atoms with Gasteiger partial charge in [0.15, 0.2) is 5.82 Å². The SMILES string of the molecule is Cc1nc(NC2CCCC2)c(N)[nH]1. The molecular weight excluding hydrogens is 164 g/mol. The molecule has 0 aliphatic heterocycles. The van der Waals surface area contributed by atoms with E-state index in [2.05, 4.69) is 15.3 Å². The standard InChI is InChI=1S/C9H16N4/c1-6-11-8(10)9(12-6)13-7-4-2-3-5-7/h7,13H,2-5,10H2,1H3,(H,11,12). The van der Waals surface area contributed by atoms with Gasteiger partial charge in [0, 0.05) is 6.04 Å². The van der Waals surface area contributed by atoms with E-state index < -0.39 is 0 Å². The summed E-state index contributed by atoms with van der Waals surface area (Å²) in [7, 11) is 0. The van der Waals surface area contributed by atoms with Crippen molar-refractivity contribution in [3.05, 3.63) is 5.82 Å². The molecule has 0 amide bonds. The fourth-order valence-electron chi connectivity index (χ4n) is 1.88. The van der Waals surface area contributed by atoms with Crippen molar-refractivity contribution < 1.29 is 0 Å². The number of imidazole rings is 1. The van der Waals surface area contributed by atoms with Gasteiger partial charge in [0.2, 0.25) is 0 Å². The van der Waals surface area contributed by atoms with Gasteiger partial charge in [0.05, 0.1) is 0 Å². The minimum Gasteiger partial charge on any atom is -0.382 e. The number of aromatic amines is 1. The Morgan fingerprint density at radius 2 is 2.15 bits per heavy atom. The number of hydrogen-bond acceptors (Lipinski definition) is 3. The van der Waals surface area contributed by atoms with Crippen LogP contribution in [0.25, 0.3) is 0 Å². The van der Waals surface area contributed by atoms with E-state index in [4.69, 9.17) is 5.73 Å². The van der Waals surface area contributed by atoms with Gasteiger partial charge in [-0.3, -0.25) is 0 Å². The van der Waals surface area contributed by atoms with E-state index in [1.807, 2.05) is 6.92 Å². The molecular formula is C9H16N4. The molecule has 1 saturated carbocycles. The van der Waals surface area contributed by atoms with Crippen LogP contribution in [0.3, 0.4) is 0 Å². The van der Waals surface area contributed by atoms with Crippen LogP contribution in [0.5, 0.6) is 0 Å². The molecule has 4 N–H and O–H groups in total. The average Bonchev–Trinajstić information content (AvgIpc) is 2.63. The third-order valence-corrected chi connectivity index (χ3v) is 2.55. The third kappa shape index (κ3) is 1.76. The molecule has 0 aromatic carbocycles. The molecule has 72 valence electrons. The third-order valence-electron chi connectivity index (χ3n) is 2.55. The van der Waals surface area contributed by atoms with Crippen molar-refractivity contribution in [3.63, 3.8) is 0 Å². The van der Waals surface area contributed by atoms with Crippen molar-refractivity contribution in [2.24, 2.45) is 0 Å². The monoisotopic (exact) mass is 180 g/mol. The molecule has 2 rings (SSSR count).